The van der Waals surface area contributed by atoms with Crippen LogP contribution < -0.4 is 10.6 Å². The molecule has 0 saturated heterocycles. The molecule has 6 heteroatoms. The van der Waals surface area contributed by atoms with Crippen LogP contribution in [0.4, 0.5) is 5.69 Å². The zero-order valence-corrected chi connectivity index (χ0v) is 17.2. The van der Waals surface area contributed by atoms with Gasteiger partial charge in [-0.3, -0.25) is 10.1 Å². The van der Waals surface area contributed by atoms with E-state index < -0.39 is 28.5 Å². The van der Waals surface area contributed by atoms with E-state index in [-0.39, 0.29) is 5.69 Å². The van der Waals surface area contributed by atoms with Gasteiger partial charge >= 0.3 is 0 Å². The molecule has 0 heterocycles. The fourth-order valence-corrected chi connectivity index (χ4v) is 8.25. The standard InChI is InChI=1S/C22H21NO3PS/c1-3-22(2,28(26)21-16-14-18(15-17-21)23(24)25)27(19-10-6-4-7-11-19)20-12-8-5-9-13-20/h4-17H,2-3H2,1H3. The molecule has 0 fully saturated rings. The summed E-state index contributed by atoms with van der Waals surface area (Å²) >= 11 is -1.44. The Hall–Kier alpha value is -2.20. The van der Waals surface area contributed by atoms with Crippen LogP contribution in [0.25, 0.3) is 0 Å². The molecule has 0 aliphatic heterocycles. The van der Waals surface area contributed by atoms with Crippen LogP contribution in [0, 0.1) is 17.0 Å². The average molecular weight is 410 g/mol. The number of hydrogen-bond acceptors (Lipinski definition) is 3. The Bertz CT molecular complexity index is 882. The molecule has 143 valence electrons. The van der Waals surface area contributed by atoms with Crippen molar-refractivity contribution in [2.24, 2.45) is 0 Å². The first-order chi connectivity index (χ1) is 13.5. The summed E-state index contributed by atoms with van der Waals surface area (Å²) in [5.41, 5.74) is -0.0136. The summed E-state index contributed by atoms with van der Waals surface area (Å²) in [5, 5.41) is 13.1. The summed E-state index contributed by atoms with van der Waals surface area (Å²) in [5.74, 6) is 0. The number of nitrogens with zero attached hydrogens (tertiary/aromatic N) is 1. The molecule has 3 rings (SSSR count). The van der Waals surface area contributed by atoms with Crippen LogP contribution in [0.2, 0.25) is 0 Å². The maximum Gasteiger partial charge on any atom is 0.269 e. The van der Waals surface area contributed by atoms with Gasteiger partial charge in [-0.1, -0.05) is 67.6 Å². The van der Waals surface area contributed by atoms with Crippen LogP contribution in [0.1, 0.15) is 13.3 Å². The second-order valence-corrected chi connectivity index (χ2v) is 11.0. The highest BCUT2D eigenvalue weighted by molar-refractivity contribution is 8.03. The van der Waals surface area contributed by atoms with Gasteiger partial charge in [0.25, 0.3) is 5.69 Å². The summed E-state index contributed by atoms with van der Waals surface area (Å²) in [4.78, 5) is 11.0. The summed E-state index contributed by atoms with van der Waals surface area (Å²) in [6.45, 7) is 6.47. The van der Waals surface area contributed by atoms with Crippen molar-refractivity contribution in [1.82, 2.24) is 0 Å². The molecule has 0 spiro atoms. The molecule has 0 bridgehead atoms. The van der Waals surface area contributed by atoms with Gasteiger partial charge in [0.05, 0.1) is 4.92 Å². The smallest absolute Gasteiger partial charge is 0.269 e. The molecule has 28 heavy (non-hydrogen) atoms. The van der Waals surface area contributed by atoms with Gasteiger partial charge in [0.15, 0.2) is 9.38 Å². The van der Waals surface area contributed by atoms with Gasteiger partial charge in [-0.25, -0.2) is 0 Å². The number of non-ortho nitro benzene ring substituents is 1. The molecule has 3 aromatic carbocycles. The molecule has 0 amide bonds. The minimum Gasteiger partial charge on any atom is -0.611 e. The molecular formula is C22H21NO3PS. The summed E-state index contributed by atoms with van der Waals surface area (Å²) in [6.07, 6.45) is 0.603. The normalized spacial score (nSPS) is 14.4. The monoisotopic (exact) mass is 410 g/mol. The Kier molecular flexibility index (Phi) is 6.50. The second-order valence-electron chi connectivity index (χ2n) is 6.33. The van der Waals surface area contributed by atoms with E-state index in [1.165, 1.54) is 12.1 Å². The number of benzene rings is 3. The Morgan fingerprint density at radius 1 is 0.929 bits per heavy atom. The fourth-order valence-electron chi connectivity index (χ4n) is 3.06. The van der Waals surface area contributed by atoms with Crippen molar-refractivity contribution < 1.29 is 9.48 Å². The van der Waals surface area contributed by atoms with Gasteiger partial charge in [0.2, 0.25) is 0 Å². The first-order valence-corrected chi connectivity index (χ1v) is 11.4. The topological polar surface area (TPSA) is 66.2 Å². The molecule has 0 saturated carbocycles. The first kappa shape index (κ1) is 20.5. The summed E-state index contributed by atoms with van der Waals surface area (Å²) < 4.78 is 12.9. The molecular weight excluding hydrogens is 389 g/mol. The quantitative estimate of drug-likeness (QED) is 0.244. The van der Waals surface area contributed by atoms with E-state index in [4.69, 9.17) is 0 Å². The fraction of sp³-hybridized carbons (Fsp3) is 0.136. The molecule has 3 aromatic rings. The highest BCUT2D eigenvalue weighted by atomic mass is 32.2. The minimum atomic E-state index is -1.44. The molecule has 2 unspecified atom stereocenters. The average Bonchev–Trinajstić information content (AvgIpc) is 2.74. The van der Waals surface area contributed by atoms with Crippen molar-refractivity contribution in [2.45, 2.75) is 22.7 Å². The maximum atomic E-state index is 13.7. The van der Waals surface area contributed by atoms with E-state index in [9.17, 15) is 14.7 Å². The molecule has 1 radical (unpaired) electrons. The molecule has 4 nitrogen and oxygen atoms in total. The number of hydrogen-bond donors (Lipinski definition) is 0. The van der Waals surface area contributed by atoms with Crippen LogP contribution >= 0.6 is 7.92 Å². The lowest BCUT2D eigenvalue weighted by molar-refractivity contribution is -0.384. The lowest BCUT2D eigenvalue weighted by atomic mass is 10.3. The molecule has 0 aliphatic rings. The van der Waals surface area contributed by atoms with Crippen LogP contribution in [-0.2, 0) is 11.2 Å². The van der Waals surface area contributed by atoms with Crippen molar-refractivity contribution in [3.63, 3.8) is 0 Å². The lowest BCUT2D eigenvalue weighted by Crippen LogP contribution is -2.39. The van der Waals surface area contributed by atoms with Crippen LogP contribution in [0.5, 0.6) is 0 Å². The van der Waals surface area contributed by atoms with Crippen LogP contribution in [0.3, 0.4) is 0 Å². The largest absolute Gasteiger partial charge is 0.611 e. The minimum absolute atomic E-state index is 0.0136. The van der Waals surface area contributed by atoms with Crippen molar-refractivity contribution >= 4 is 35.4 Å². The van der Waals surface area contributed by atoms with E-state index in [2.05, 4.69) is 31.2 Å². The third-order valence-corrected chi connectivity index (χ3v) is 10.1. The van der Waals surface area contributed by atoms with Gasteiger partial charge in [-0.15, -0.1) is 0 Å². The van der Waals surface area contributed by atoms with Crippen molar-refractivity contribution in [3.05, 3.63) is 102 Å². The van der Waals surface area contributed by atoms with Crippen LogP contribution in [0.15, 0.2) is 89.8 Å². The molecule has 2 atom stereocenters. The van der Waals surface area contributed by atoms with Gasteiger partial charge in [0, 0.05) is 39.1 Å². The Labute approximate surface area is 169 Å². The van der Waals surface area contributed by atoms with E-state index in [0.717, 1.165) is 10.6 Å². The summed E-state index contributed by atoms with van der Waals surface area (Å²) in [7, 11) is -1.02. The molecule has 0 N–H and O–H groups in total. The van der Waals surface area contributed by atoms with Gasteiger partial charge < -0.3 is 4.55 Å². The Balaban J connectivity index is 2.08. The Morgan fingerprint density at radius 2 is 1.39 bits per heavy atom. The lowest BCUT2D eigenvalue weighted by Gasteiger charge is -2.38. The van der Waals surface area contributed by atoms with Crippen LogP contribution in [-0.4, -0.2) is 14.0 Å². The number of rotatable bonds is 7. The predicted octanol–water partition coefficient (Wildman–Crippen LogP) is 4.78. The number of nitro benzene ring substituents is 1. The SMILES string of the molecule is [CH2]C(CC)(P(c1ccccc1)c1ccccc1)[S+]([O-])c1ccc([N+](=O)[O-])cc1. The van der Waals surface area contributed by atoms with Gasteiger partial charge in [-0.05, 0) is 28.2 Å². The molecule has 0 aromatic heterocycles. The first-order valence-electron chi connectivity index (χ1n) is 8.89. The third kappa shape index (κ3) is 4.12. The second kappa shape index (κ2) is 8.87. The van der Waals surface area contributed by atoms with E-state index in [1.807, 2.05) is 43.3 Å². The maximum absolute atomic E-state index is 13.7. The van der Waals surface area contributed by atoms with Gasteiger partial charge in [-0.2, -0.15) is 0 Å². The molecule has 0 aliphatic carbocycles. The van der Waals surface area contributed by atoms with Gasteiger partial charge in [0.1, 0.15) is 0 Å². The highest BCUT2D eigenvalue weighted by Crippen LogP contribution is 2.54. The van der Waals surface area contributed by atoms with E-state index in [1.54, 1.807) is 12.1 Å². The highest BCUT2D eigenvalue weighted by Gasteiger charge is 2.46. The number of nitro groups is 1. The third-order valence-electron chi connectivity index (χ3n) is 4.60. The summed E-state index contributed by atoms with van der Waals surface area (Å²) in [6, 6.07) is 26.0. The van der Waals surface area contributed by atoms with E-state index >= 15 is 0 Å². The van der Waals surface area contributed by atoms with Crippen molar-refractivity contribution in [2.75, 3.05) is 0 Å². The van der Waals surface area contributed by atoms with Crippen molar-refractivity contribution in [1.29, 1.82) is 0 Å². The zero-order chi connectivity index (χ0) is 20.1. The van der Waals surface area contributed by atoms with E-state index in [0.29, 0.717) is 11.3 Å². The van der Waals surface area contributed by atoms with Crippen molar-refractivity contribution in [3.8, 4) is 0 Å². The Morgan fingerprint density at radius 3 is 1.79 bits per heavy atom. The predicted molar refractivity (Wildman–Crippen MR) is 117 cm³/mol. The zero-order valence-electron chi connectivity index (χ0n) is 15.5.